The van der Waals surface area contributed by atoms with Crippen molar-refractivity contribution in [2.75, 3.05) is 6.61 Å². The molecule has 1 unspecified atom stereocenters. The van der Waals surface area contributed by atoms with E-state index < -0.39 is 23.1 Å². The van der Waals surface area contributed by atoms with Gasteiger partial charge in [0.1, 0.15) is 18.6 Å². The number of carbonyl (C=O) groups excluding carboxylic acids is 3. The maximum atomic E-state index is 12.7. The Bertz CT molecular complexity index is 896. The summed E-state index contributed by atoms with van der Waals surface area (Å²) in [5.41, 5.74) is -0.671. The molecule has 1 heterocycles. The highest BCUT2D eigenvalue weighted by molar-refractivity contribution is 6.49. The Hall–Kier alpha value is -2.70. The molecule has 0 saturated heterocycles. The molecule has 0 spiro atoms. The highest BCUT2D eigenvalue weighted by Crippen LogP contribution is 2.38. The molecular formula is C20H17ClO6. The predicted molar refractivity (Wildman–Crippen MR) is 96.4 cm³/mol. The molecule has 0 bridgehead atoms. The first-order valence-corrected chi connectivity index (χ1v) is 8.59. The van der Waals surface area contributed by atoms with Crippen LogP contribution in [0.1, 0.15) is 19.4 Å². The van der Waals surface area contributed by atoms with Crippen LogP contribution >= 0.6 is 11.6 Å². The van der Waals surface area contributed by atoms with Crippen LogP contribution in [0.5, 0.6) is 0 Å². The molecule has 27 heavy (non-hydrogen) atoms. The number of halogens is 1. The Kier molecular flexibility index (Phi) is 5.30. The van der Waals surface area contributed by atoms with E-state index in [2.05, 4.69) is 0 Å². The van der Waals surface area contributed by atoms with Crippen LogP contribution in [0.4, 0.5) is 0 Å². The number of esters is 1. The third kappa shape index (κ3) is 3.72. The minimum Gasteiger partial charge on any atom is -0.466 e. The molecule has 3 rings (SSSR count). The van der Waals surface area contributed by atoms with Crippen LogP contribution < -0.4 is 0 Å². The van der Waals surface area contributed by atoms with E-state index >= 15 is 0 Å². The third-order valence-corrected chi connectivity index (χ3v) is 4.55. The molecule has 140 valence electrons. The van der Waals surface area contributed by atoms with Gasteiger partial charge in [0.25, 0.3) is 0 Å². The quantitative estimate of drug-likeness (QED) is 0.570. The zero-order chi connectivity index (χ0) is 19.6. The highest BCUT2D eigenvalue weighted by Gasteiger charge is 2.52. The van der Waals surface area contributed by atoms with Gasteiger partial charge < -0.3 is 14.2 Å². The van der Waals surface area contributed by atoms with E-state index in [1.807, 2.05) is 30.3 Å². The van der Waals surface area contributed by atoms with Gasteiger partial charge in [-0.3, -0.25) is 14.4 Å². The Morgan fingerprint density at radius 3 is 2.52 bits per heavy atom. The maximum absolute atomic E-state index is 12.7. The molecule has 0 N–H and O–H groups in total. The van der Waals surface area contributed by atoms with Gasteiger partial charge >= 0.3 is 5.97 Å². The summed E-state index contributed by atoms with van der Waals surface area (Å²) in [6.07, 6.45) is 2.70. The van der Waals surface area contributed by atoms with Gasteiger partial charge in [0, 0.05) is 12.5 Å². The zero-order valence-electron chi connectivity index (χ0n) is 14.8. The average Bonchev–Trinajstić information content (AvgIpc) is 2.65. The minimum absolute atomic E-state index is 0.0789. The lowest BCUT2D eigenvalue weighted by atomic mass is 9.80. The molecule has 0 fully saturated rings. The van der Waals surface area contributed by atoms with Crippen LogP contribution in [0, 0.1) is 0 Å². The summed E-state index contributed by atoms with van der Waals surface area (Å²) in [5.74, 6) is -1.80. The van der Waals surface area contributed by atoms with Gasteiger partial charge in [-0.1, -0.05) is 41.9 Å². The van der Waals surface area contributed by atoms with E-state index in [1.54, 1.807) is 0 Å². The lowest BCUT2D eigenvalue weighted by Gasteiger charge is -2.32. The zero-order valence-corrected chi connectivity index (χ0v) is 15.5. The van der Waals surface area contributed by atoms with Crippen molar-refractivity contribution < 1.29 is 28.6 Å². The fourth-order valence-corrected chi connectivity index (χ4v) is 3.16. The van der Waals surface area contributed by atoms with Crippen molar-refractivity contribution in [2.45, 2.75) is 26.1 Å². The second-order valence-electron chi connectivity index (χ2n) is 6.25. The molecule has 1 atom stereocenters. The fourth-order valence-electron chi connectivity index (χ4n) is 2.82. The van der Waals surface area contributed by atoms with Gasteiger partial charge in [0.05, 0.1) is 17.2 Å². The van der Waals surface area contributed by atoms with E-state index in [0.717, 1.165) is 12.5 Å². The number of ether oxygens (including phenoxy) is 3. The van der Waals surface area contributed by atoms with Gasteiger partial charge in [-0.05, 0) is 18.6 Å². The normalized spacial score (nSPS) is 21.9. The molecule has 6 nitrogen and oxygen atoms in total. The van der Waals surface area contributed by atoms with E-state index in [9.17, 15) is 14.4 Å². The Labute approximate surface area is 161 Å². The molecule has 0 amide bonds. The number of Topliss-reactive ketones (excluding diaryl/α,β-unsaturated/α-hetero) is 2. The number of hydrogen-bond acceptors (Lipinski definition) is 6. The topological polar surface area (TPSA) is 78.9 Å². The largest absolute Gasteiger partial charge is 0.466 e. The molecule has 1 aliphatic heterocycles. The third-order valence-electron chi connectivity index (χ3n) is 4.17. The Balaban J connectivity index is 1.78. The lowest BCUT2D eigenvalue weighted by molar-refractivity contribution is -0.167. The van der Waals surface area contributed by atoms with Crippen molar-refractivity contribution in [3.05, 3.63) is 70.2 Å². The average molecular weight is 389 g/mol. The standard InChI is InChI=1S/C20H17ClO6/c1-12(22)27-20(2)18(23)16-11-26-14(8-15(16)17(21)19(20)24)10-25-9-13-6-4-3-5-7-13/h3-8,11H,9-10H2,1-2H3. The van der Waals surface area contributed by atoms with Gasteiger partial charge in [-0.15, -0.1) is 0 Å². The van der Waals surface area contributed by atoms with Crippen LogP contribution in [0.2, 0.25) is 0 Å². The number of carbonyl (C=O) groups is 3. The molecule has 7 heteroatoms. The number of benzene rings is 1. The van der Waals surface area contributed by atoms with Crippen LogP contribution in [0.15, 0.2) is 64.6 Å². The molecular weight excluding hydrogens is 372 g/mol. The molecule has 1 aromatic carbocycles. The molecule has 0 aromatic heterocycles. The smallest absolute Gasteiger partial charge is 0.304 e. The molecule has 1 aromatic rings. The molecule has 1 aliphatic carbocycles. The maximum Gasteiger partial charge on any atom is 0.304 e. The van der Waals surface area contributed by atoms with E-state index in [0.29, 0.717) is 12.4 Å². The molecule has 0 saturated carbocycles. The Morgan fingerprint density at radius 2 is 1.85 bits per heavy atom. The number of allylic oxidation sites excluding steroid dienone is 2. The van der Waals surface area contributed by atoms with Crippen molar-refractivity contribution in [3.8, 4) is 0 Å². The second-order valence-corrected chi connectivity index (χ2v) is 6.63. The van der Waals surface area contributed by atoms with Crippen molar-refractivity contribution in [1.82, 2.24) is 0 Å². The number of rotatable bonds is 5. The SMILES string of the molecule is CC(=O)OC1(C)C(=O)C2=COC(COCc3ccccc3)=CC2=C(Cl)C1=O. The number of hydrogen-bond donors (Lipinski definition) is 0. The number of ketones is 2. The van der Waals surface area contributed by atoms with E-state index in [-0.39, 0.29) is 22.8 Å². The first-order valence-electron chi connectivity index (χ1n) is 8.21. The minimum atomic E-state index is -1.99. The lowest BCUT2D eigenvalue weighted by Crippen LogP contribution is -2.51. The summed E-state index contributed by atoms with van der Waals surface area (Å²) in [6, 6.07) is 9.60. The number of fused-ring (bicyclic) bond motifs is 1. The van der Waals surface area contributed by atoms with Crippen LogP contribution in [-0.4, -0.2) is 29.7 Å². The van der Waals surface area contributed by atoms with Crippen LogP contribution in [0.3, 0.4) is 0 Å². The summed E-state index contributed by atoms with van der Waals surface area (Å²) in [7, 11) is 0. The van der Waals surface area contributed by atoms with Gasteiger partial charge in [-0.2, -0.15) is 0 Å². The van der Waals surface area contributed by atoms with Crippen LogP contribution in [0.25, 0.3) is 0 Å². The summed E-state index contributed by atoms with van der Waals surface area (Å²) in [6.45, 7) is 2.86. The summed E-state index contributed by atoms with van der Waals surface area (Å²) in [5, 5.41) is -0.187. The van der Waals surface area contributed by atoms with Crippen molar-refractivity contribution in [2.24, 2.45) is 0 Å². The summed E-state index contributed by atoms with van der Waals surface area (Å²) >= 11 is 6.17. The summed E-state index contributed by atoms with van der Waals surface area (Å²) < 4.78 is 16.0. The second kappa shape index (κ2) is 7.50. The predicted octanol–water partition coefficient (Wildman–Crippen LogP) is 2.97. The van der Waals surface area contributed by atoms with Gasteiger partial charge in [-0.25, -0.2) is 0 Å². The first kappa shape index (κ1) is 19.1. The van der Waals surface area contributed by atoms with E-state index in [1.165, 1.54) is 19.3 Å². The van der Waals surface area contributed by atoms with Gasteiger partial charge in [0.15, 0.2) is 0 Å². The van der Waals surface area contributed by atoms with Crippen molar-refractivity contribution in [3.63, 3.8) is 0 Å². The van der Waals surface area contributed by atoms with Crippen LogP contribution in [-0.2, 0) is 35.2 Å². The van der Waals surface area contributed by atoms with Crippen molar-refractivity contribution in [1.29, 1.82) is 0 Å². The molecule has 2 aliphatic rings. The summed E-state index contributed by atoms with van der Waals surface area (Å²) in [4.78, 5) is 36.5. The van der Waals surface area contributed by atoms with Gasteiger partial charge in [0.2, 0.25) is 17.2 Å². The highest BCUT2D eigenvalue weighted by atomic mass is 35.5. The molecule has 0 radical (unpaired) electrons. The first-order chi connectivity index (χ1) is 12.8. The van der Waals surface area contributed by atoms with E-state index in [4.69, 9.17) is 25.8 Å². The monoisotopic (exact) mass is 388 g/mol. The Morgan fingerprint density at radius 1 is 1.15 bits per heavy atom. The van der Waals surface area contributed by atoms with Crippen molar-refractivity contribution >= 4 is 29.1 Å². The fraction of sp³-hybridized carbons (Fsp3) is 0.250.